The van der Waals surface area contributed by atoms with E-state index in [1.165, 1.54) is 0 Å². The molecule has 0 aromatic heterocycles. The van der Waals surface area contributed by atoms with E-state index in [0.29, 0.717) is 6.61 Å². The molecule has 0 aromatic rings. The molecular formula is C8H16O3S2. The summed E-state index contributed by atoms with van der Waals surface area (Å²) in [6.07, 6.45) is 4.71. The van der Waals surface area contributed by atoms with Gasteiger partial charge in [-0.15, -0.1) is 6.58 Å². The van der Waals surface area contributed by atoms with Crippen molar-refractivity contribution in [2.24, 2.45) is 0 Å². The predicted octanol–water partition coefficient (Wildman–Crippen LogP) is 1.66. The molecule has 0 aliphatic heterocycles. The molecule has 0 spiro atoms. The molecule has 0 atom stereocenters. The lowest BCUT2D eigenvalue weighted by atomic mass is 10.5. The second kappa shape index (κ2) is 7.41. The van der Waals surface area contributed by atoms with Crippen LogP contribution in [-0.4, -0.2) is 32.8 Å². The number of hydrogen-bond donors (Lipinski definition) is 0. The maximum Gasteiger partial charge on any atom is 0.264 e. The standard InChI is InChI=1S/C8H16O3S2/c1-3-4-7-12-8-5-6-11-13(2,9)10/h3H,1,4-8H2,2H3. The first kappa shape index (κ1) is 13.0. The molecule has 3 nitrogen and oxygen atoms in total. The molecule has 0 saturated carbocycles. The fourth-order valence-corrected chi connectivity index (χ4v) is 1.92. The number of rotatable bonds is 8. The molecule has 78 valence electrons. The van der Waals surface area contributed by atoms with Crippen molar-refractivity contribution in [2.75, 3.05) is 24.4 Å². The van der Waals surface area contributed by atoms with Gasteiger partial charge in [0.1, 0.15) is 0 Å². The monoisotopic (exact) mass is 224 g/mol. The maximum atomic E-state index is 10.5. The fraction of sp³-hybridized carbons (Fsp3) is 0.750. The highest BCUT2D eigenvalue weighted by Gasteiger charge is 1.99. The Kier molecular flexibility index (Phi) is 7.41. The van der Waals surface area contributed by atoms with E-state index in [4.69, 9.17) is 0 Å². The van der Waals surface area contributed by atoms with Crippen molar-refractivity contribution in [1.82, 2.24) is 0 Å². The van der Waals surface area contributed by atoms with Gasteiger partial charge in [0.2, 0.25) is 0 Å². The molecule has 0 heterocycles. The van der Waals surface area contributed by atoms with E-state index < -0.39 is 10.1 Å². The van der Waals surface area contributed by atoms with Gasteiger partial charge in [-0.05, 0) is 24.3 Å². The number of thioether (sulfide) groups is 1. The molecule has 0 aliphatic carbocycles. The summed E-state index contributed by atoms with van der Waals surface area (Å²) in [5, 5.41) is 0. The van der Waals surface area contributed by atoms with Gasteiger partial charge in [0.15, 0.2) is 0 Å². The third-order valence-corrected chi connectivity index (χ3v) is 2.89. The first-order chi connectivity index (χ1) is 6.06. The minimum absolute atomic E-state index is 0.292. The van der Waals surface area contributed by atoms with Crippen LogP contribution in [0.15, 0.2) is 12.7 Å². The summed E-state index contributed by atoms with van der Waals surface area (Å²) >= 11 is 1.78. The normalized spacial score (nSPS) is 11.5. The lowest BCUT2D eigenvalue weighted by molar-refractivity contribution is 0.323. The Labute approximate surface area is 84.7 Å². The molecule has 0 aromatic carbocycles. The SMILES string of the molecule is C=CCCSCCCOS(C)(=O)=O. The van der Waals surface area contributed by atoms with Gasteiger partial charge in [0.25, 0.3) is 10.1 Å². The summed E-state index contributed by atoms with van der Waals surface area (Å²) in [7, 11) is -3.25. The van der Waals surface area contributed by atoms with Crippen molar-refractivity contribution in [3.63, 3.8) is 0 Å². The van der Waals surface area contributed by atoms with Crippen LogP contribution in [-0.2, 0) is 14.3 Å². The number of hydrogen-bond acceptors (Lipinski definition) is 4. The van der Waals surface area contributed by atoms with E-state index in [2.05, 4.69) is 10.8 Å². The van der Waals surface area contributed by atoms with Gasteiger partial charge >= 0.3 is 0 Å². The summed E-state index contributed by atoms with van der Waals surface area (Å²) in [4.78, 5) is 0. The molecule has 0 saturated heterocycles. The second-order valence-corrected chi connectivity index (χ2v) is 5.44. The van der Waals surface area contributed by atoms with Crippen LogP contribution in [0.3, 0.4) is 0 Å². The van der Waals surface area contributed by atoms with E-state index in [1.807, 2.05) is 6.08 Å². The maximum absolute atomic E-state index is 10.5. The van der Waals surface area contributed by atoms with Crippen LogP contribution in [0.1, 0.15) is 12.8 Å². The smallest absolute Gasteiger partial charge is 0.264 e. The van der Waals surface area contributed by atoms with E-state index in [0.717, 1.165) is 30.6 Å². The zero-order chi connectivity index (χ0) is 10.2. The quantitative estimate of drug-likeness (QED) is 0.357. The molecule has 0 fully saturated rings. The Morgan fingerprint density at radius 2 is 2.15 bits per heavy atom. The molecule has 5 heteroatoms. The third-order valence-electron chi connectivity index (χ3n) is 1.20. The van der Waals surface area contributed by atoms with Gasteiger partial charge < -0.3 is 0 Å². The van der Waals surface area contributed by atoms with Crippen molar-refractivity contribution in [3.8, 4) is 0 Å². The fourth-order valence-electron chi connectivity index (χ4n) is 0.640. The Balaban J connectivity index is 3.13. The first-order valence-electron chi connectivity index (χ1n) is 4.09. The highest BCUT2D eigenvalue weighted by molar-refractivity contribution is 7.99. The Morgan fingerprint density at radius 1 is 1.46 bits per heavy atom. The van der Waals surface area contributed by atoms with Crippen molar-refractivity contribution < 1.29 is 12.6 Å². The third kappa shape index (κ3) is 12.0. The zero-order valence-electron chi connectivity index (χ0n) is 7.86. The average Bonchev–Trinajstić information content (AvgIpc) is 2.01. The van der Waals surface area contributed by atoms with E-state index >= 15 is 0 Å². The van der Waals surface area contributed by atoms with Crippen molar-refractivity contribution in [1.29, 1.82) is 0 Å². The van der Waals surface area contributed by atoms with E-state index in [9.17, 15) is 8.42 Å². The molecular weight excluding hydrogens is 208 g/mol. The molecule has 0 rings (SSSR count). The Bertz CT molecular complexity index is 222. The zero-order valence-corrected chi connectivity index (χ0v) is 9.49. The van der Waals surface area contributed by atoms with Gasteiger partial charge in [-0.25, -0.2) is 0 Å². The summed E-state index contributed by atoms with van der Waals surface area (Å²) < 4.78 is 25.6. The molecule has 0 bridgehead atoms. The molecule has 0 amide bonds. The second-order valence-electron chi connectivity index (χ2n) is 2.57. The van der Waals surface area contributed by atoms with Crippen molar-refractivity contribution >= 4 is 21.9 Å². The summed E-state index contributed by atoms with van der Waals surface area (Å²) in [6.45, 7) is 3.90. The van der Waals surface area contributed by atoms with Crippen LogP contribution in [0.5, 0.6) is 0 Å². The minimum Gasteiger partial charge on any atom is -0.270 e. The van der Waals surface area contributed by atoms with E-state index in [-0.39, 0.29) is 0 Å². The highest BCUT2D eigenvalue weighted by Crippen LogP contribution is 2.05. The molecule has 0 N–H and O–H groups in total. The molecule has 13 heavy (non-hydrogen) atoms. The van der Waals surface area contributed by atoms with Gasteiger partial charge in [0.05, 0.1) is 12.9 Å². The first-order valence-corrected chi connectivity index (χ1v) is 7.06. The van der Waals surface area contributed by atoms with Gasteiger partial charge in [-0.3, -0.25) is 4.18 Å². The molecule has 0 aliphatic rings. The molecule has 0 radical (unpaired) electrons. The van der Waals surface area contributed by atoms with Crippen LogP contribution < -0.4 is 0 Å². The summed E-state index contributed by atoms with van der Waals surface area (Å²) in [6, 6.07) is 0. The summed E-state index contributed by atoms with van der Waals surface area (Å²) in [5.41, 5.74) is 0. The highest BCUT2D eigenvalue weighted by atomic mass is 32.2. The largest absolute Gasteiger partial charge is 0.270 e. The van der Waals surface area contributed by atoms with Crippen LogP contribution in [0.2, 0.25) is 0 Å². The lowest BCUT2D eigenvalue weighted by Gasteiger charge is -2.00. The van der Waals surface area contributed by atoms with Crippen molar-refractivity contribution in [2.45, 2.75) is 12.8 Å². The lowest BCUT2D eigenvalue weighted by Crippen LogP contribution is -2.04. The van der Waals surface area contributed by atoms with Crippen LogP contribution in [0, 0.1) is 0 Å². The van der Waals surface area contributed by atoms with Gasteiger partial charge in [-0.1, -0.05) is 6.08 Å². The van der Waals surface area contributed by atoms with Crippen LogP contribution >= 0.6 is 11.8 Å². The number of allylic oxidation sites excluding steroid dienone is 1. The van der Waals surface area contributed by atoms with Crippen LogP contribution in [0.4, 0.5) is 0 Å². The molecule has 0 unspecified atom stereocenters. The van der Waals surface area contributed by atoms with Gasteiger partial charge in [-0.2, -0.15) is 20.2 Å². The average molecular weight is 224 g/mol. The van der Waals surface area contributed by atoms with Crippen molar-refractivity contribution in [3.05, 3.63) is 12.7 Å². The minimum atomic E-state index is -3.25. The van der Waals surface area contributed by atoms with E-state index in [1.54, 1.807) is 11.8 Å². The topological polar surface area (TPSA) is 43.4 Å². The predicted molar refractivity (Wildman–Crippen MR) is 57.6 cm³/mol. The van der Waals surface area contributed by atoms with Crippen LogP contribution in [0.25, 0.3) is 0 Å². The van der Waals surface area contributed by atoms with Gasteiger partial charge in [0, 0.05) is 0 Å². The summed E-state index contributed by atoms with van der Waals surface area (Å²) in [5.74, 6) is 1.98. The Morgan fingerprint density at radius 3 is 2.69 bits per heavy atom. The Hall–Kier alpha value is -0.0000000000000000555.